The topological polar surface area (TPSA) is 27.8 Å². The average molecular weight is 222 g/mol. The van der Waals surface area contributed by atoms with Gasteiger partial charge in [-0.05, 0) is 25.0 Å². The first kappa shape index (κ1) is 9.78. The molecule has 16 heavy (non-hydrogen) atoms. The third-order valence-corrected chi connectivity index (χ3v) is 2.86. The van der Waals surface area contributed by atoms with E-state index in [4.69, 9.17) is 0 Å². The van der Waals surface area contributed by atoms with Crippen LogP contribution in [0.1, 0.15) is 18.5 Å². The first-order valence-electron chi connectivity index (χ1n) is 5.42. The van der Waals surface area contributed by atoms with Crippen molar-refractivity contribution in [3.05, 3.63) is 35.5 Å². The first-order chi connectivity index (χ1) is 7.72. The molecule has 2 nitrogen and oxygen atoms in total. The maximum Gasteiger partial charge on any atom is 0.150 e. The smallest absolute Gasteiger partial charge is 0.150 e. The van der Waals surface area contributed by atoms with Gasteiger partial charge in [0.1, 0.15) is 11.6 Å². The number of nitrogens with one attached hydrogen (secondary N) is 2. The Morgan fingerprint density at radius 2 is 2.06 bits per heavy atom. The zero-order valence-electron chi connectivity index (χ0n) is 8.69. The van der Waals surface area contributed by atoms with Gasteiger partial charge in [-0.15, -0.1) is 0 Å². The van der Waals surface area contributed by atoms with E-state index in [-0.39, 0.29) is 0 Å². The zero-order chi connectivity index (χ0) is 11.1. The second-order valence-electron chi connectivity index (χ2n) is 4.30. The minimum absolute atomic E-state index is 0.383. The summed E-state index contributed by atoms with van der Waals surface area (Å²) in [4.78, 5) is 2.97. The van der Waals surface area contributed by atoms with Gasteiger partial charge in [0.05, 0.1) is 5.52 Å². The largest absolute Gasteiger partial charge is 0.355 e. The van der Waals surface area contributed by atoms with Crippen molar-refractivity contribution in [2.24, 2.45) is 0 Å². The SMILES string of the molecule is Fc1cc(F)c2[nH]c(CNC3CC3)cc2c1. The van der Waals surface area contributed by atoms with Gasteiger partial charge in [-0.2, -0.15) is 0 Å². The van der Waals surface area contributed by atoms with Crippen LogP contribution in [0, 0.1) is 11.6 Å². The Bertz CT molecular complexity index is 529. The molecule has 0 unspecified atom stereocenters. The molecular weight excluding hydrogens is 210 g/mol. The van der Waals surface area contributed by atoms with E-state index in [1.807, 2.05) is 0 Å². The summed E-state index contributed by atoms with van der Waals surface area (Å²) in [5, 5.41) is 3.91. The number of halogens is 2. The predicted octanol–water partition coefficient (Wildman–Crippen LogP) is 2.70. The van der Waals surface area contributed by atoms with Crippen molar-refractivity contribution < 1.29 is 8.78 Å². The average Bonchev–Trinajstić information content (AvgIpc) is 2.96. The lowest BCUT2D eigenvalue weighted by Gasteiger charge is -1.98. The number of fused-ring (bicyclic) bond motifs is 1. The van der Waals surface area contributed by atoms with E-state index >= 15 is 0 Å². The van der Waals surface area contributed by atoms with Crippen molar-refractivity contribution in [3.8, 4) is 0 Å². The fraction of sp³-hybridized carbons (Fsp3) is 0.333. The highest BCUT2D eigenvalue weighted by Gasteiger charge is 2.20. The van der Waals surface area contributed by atoms with Gasteiger partial charge in [0.15, 0.2) is 0 Å². The van der Waals surface area contributed by atoms with Gasteiger partial charge in [-0.3, -0.25) is 0 Å². The molecular formula is C12H12F2N2. The molecule has 2 aromatic rings. The number of hydrogen-bond donors (Lipinski definition) is 2. The molecule has 0 atom stereocenters. The molecule has 1 aliphatic rings. The van der Waals surface area contributed by atoms with Gasteiger partial charge in [0, 0.05) is 29.7 Å². The van der Waals surface area contributed by atoms with Crippen LogP contribution in [0.15, 0.2) is 18.2 Å². The molecule has 0 bridgehead atoms. The van der Waals surface area contributed by atoms with Crippen LogP contribution in [-0.2, 0) is 6.54 Å². The van der Waals surface area contributed by atoms with Crippen molar-refractivity contribution >= 4 is 10.9 Å². The Kier molecular flexibility index (Phi) is 2.17. The second-order valence-corrected chi connectivity index (χ2v) is 4.30. The molecule has 2 N–H and O–H groups in total. The van der Waals surface area contributed by atoms with Crippen LogP contribution in [0.2, 0.25) is 0 Å². The van der Waals surface area contributed by atoms with Crippen LogP contribution in [0.4, 0.5) is 8.78 Å². The van der Waals surface area contributed by atoms with Crippen molar-refractivity contribution in [2.45, 2.75) is 25.4 Å². The van der Waals surface area contributed by atoms with Crippen LogP contribution in [-0.4, -0.2) is 11.0 Å². The molecule has 1 aromatic heterocycles. The third-order valence-electron chi connectivity index (χ3n) is 2.86. The van der Waals surface area contributed by atoms with E-state index in [2.05, 4.69) is 10.3 Å². The normalized spacial score (nSPS) is 15.9. The van der Waals surface area contributed by atoms with Gasteiger partial charge in [-0.25, -0.2) is 8.78 Å². The Labute approximate surface area is 91.7 Å². The van der Waals surface area contributed by atoms with Crippen LogP contribution in [0.3, 0.4) is 0 Å². The highest BCUT2D eigenvalue weighted by molar-refractivity contribution is 5.81. The Morgan fingerprint density at radius 1 is 1.25 bits per heavy atom. The number of benzene rings is 1. The molecule has 0 saturated heterocycles. The molecule has 1 saturated carbocycles. The van der Waals surface area contributed by atoms with Crippen molar-refractivity contribution in [2.75, 3.05) is 0 Å². The lowest BCUT2D eigenvalue weighted by molar-refractivity contribution is 0.590. The number of H-pyrrole nitrogens is 1. The summed E-state index contributed by atoms with van der Waals surface area (Å²) in [6, 6.07) is 4.64. The predicted molar refractivity (Wildman–Crippen MR) is 58.1 cm³/mol. The Balaban J connectivity index is 1.91. The van der Waals surface area contributed by atoms with Crippen LogP contribution < -0.4 is 5.32 Å². The van der Waals surface area contributed by atoms with Gasteiger partial charge in [0.25, 0.3) is 0 Å². The molecule has 1 aliphatic carbocycles. The quantitative estimate of drug-likeness (QED) is 0.821. The van der Waals surface area contributed by atoms with Gasteiger partial charge < -0.3 is 10.3 Å². The molecule has 0 spiro atoms. The second kappa shape index (κ2) is 3.56. The molecule has 0 amide bonds. The van der Waals surface area contributed by atoms with Gasteiger partial charge in [-0.1, -0.05) is 0 Å². The van der Waals surface area contributed by atoms with Gasteiger partial charge in [0.2, 0.25) is 0 Å². The Morgan fingerprint density at radius 3 is 2.81 bits per heavy atom. The number of aromatic amines is 1. The molecule has 1 aromatic carbocycles. The Hall–Kier alpha value is -1.42. The number of hydrogen-bond acceptors (Lipinski definition) is 1. The summed E-state index contributed by atoms with van der Waals surface area (Å²) in [6.45, 7) is 0.681. The van der Waals surface area contributed by atoms with Crippen molar-refractivity contribution in [3.63, 3.8) is 0 Å². The summed E-state index contributed by atoms with van der Waals surface area (Å²) in [7, 11) is 0. The molecule has 1 fully saturated rings. The monoisotopic (exact) mass is 222 g/mol. The van der Waals surface area contributed by atoms with Gasteiger partial charge >= 0.3 is 0 Å². The molecule has 1 heterocycles. The van der Waals surface area contributed by atoms with E-state index < -0.39 is 11.6 Å². The minimum Gasteiger partial charge on any atom is -0.355 e. The minimum atomic E-state index is -0.536. The summed E-state index contributed by atoms with van der Waals surface area (Å²) in [5.74, 6) is -1.07. The van der Waals surface area contributed by atoms with E-state index in [0.29, 0.717) is 23.5 Å². The summed E-state index contributed by atoms with van der Waals surface area (Å²) < 4.78 is 26.3. The highest BCUT2D eigenvalue weighted by atomic mass is 19.1. The van der Waals surface area contributed by atoms with E-state index in [0.717, 1.165) is 11.8 Å². The fourth-order valence-corrected chi connectivity index (χ4v) is 1.86. The summed E-state index contributed by atoms with van der Waals surface area (Å²) >= 11 is 0. The van der Waals surface area contributed by atoms with Crippen LogP contribution in [0.25, 0.3) is 10.9 Å². The zero-order valence-corrected chi connectivity index (χ0v) is 8.69. The lowest BCUT2D eigenvalue weighted by Crippen LogP contribution is -2.15. The van der Waals surface area contributed by atoms with Crippen molar-refractivity contribution in [1.82, 2.24) is 10.3 Å². The fourth-order valence-electron chi connectivity index (χ4n) is 1.86. The van der Waals surface area contributed by atoms with E-state index in [1.54, 1.807) is 6.07 Å². The highest BCUT2D eigenvalue weighted by Crippen LogP contribution is 2.22. The molecule has 0 radical (unpaired) electrons. The molecule has 3 rings (SSSR count). The van der Waals surface area contributed by atoms with Crippen molar-refractivity contribution in [1.29, 1.82) is 0 Å². The maximum atomic E-state index is 13.4. The van der Waals surface area contributed by atoms with Crippen LogP contribution >= 0.6 is 0 Å². The lowest BCUT2D eigenvalue weighted by atomic mass is 10.2. The molecule has 4 heteroatoms. The van der Waals surface area contributed by atoms with E-state index in [1.165, 1.54) is 18.9 Å². The third kappa shape index (κ3) is 1.80. The van der Waals surface area contributed by atoms with E-state index in [9.17, 15) is 8.78 Å². The molecule has 84 valence electrons. The first-order valence-corrected chi connectivity index (χ1v) is 5.42. The molecule has 0 aliphatic heterocycles. The summed E-state index contributed by atoms with van der Waals surface area (Å²) in [6.07, 6.45) is 2.42. The maximum absolute atomic E-state index is 13.4. The van der Waals surface area contributed by atoms with Crippen LogP contribution in [0.5, 0.6) is 0 Å². The summed E-state index contributed by atoms with van der Waals surface area (Å²) in [5.41, 5.74) is 1.28. The standard InChI is InChI=1S/C12H12F2N2/c13-8-3-7-4-10(6-15-9-1-2-9)16-12(7)11(14)5-8/h3-5,9,15-16H,1-2,6H2. The number of aromatic nitrogens is 1. The number of rotatable bonds is 3.